The molecule has 0 aliphatic carbocycles. The number of pyridine rings is 1. The van der Waals surface area contributed by atoms with Crippen LogP contribution in [0.4, 0.5) is 4.79 Å². The zero-order valence-corrected chi connectivity index (χ0v) is 15.3. The van der Waals surface area contributed by atoms with Gasteiger partial charge in [0.15, 0.2) is 0 Å². The lowest BCUT2D eigenvalue weighted by Gasteiger charge is -2.45. The summed E-state index contributed by atoms with van der Waals surface area (Å²) in [5, 5.41) is 3.02. The molecular weight excluding hydrogens is 300 g/mol. The van der Waals surface area contributed by atoms with E-state index < -0.39 is 0 Å². The summed E-state index contributed by atoms with van der Waals surface area (Å²) in [5.74, 6) is 0. The first-order valence-corrected chi connectivity index (χ1v) is 9.19. The molecule has 0 atom stereocenters. The number of hydrogen-bond acceptors (Lipinski definition) is 3. The standard InChI is InChI=1S/C19H30N4O/c1-15-6-7-17(21-16(15)2)14-20-18(24)22-12-8-19(3,9-13-22)23-10-4-5-11-23/h6-7H,4-5,8-14H2,1-3H3,(H,20,24). The van der Waals surface area contributed by atoms with Crippen molar-refractivity contribution in [2.45, 2.75) is 58.5 Å². The molecule has 0 bridgehead atoms. The number of likely N-dealkylation sites (tertiary alicyclic amines) is 2. The Kier molecular flexibility index (Phi) is 5.09. The van der Waals surface area contributed by atoms with Crippen molar-refractivity contribution >= 4 is 6.03 Å². The number of piperidine rings is 1. The largest absolute Gasteiger partial charge is 0.332 e. The van der Waals surface area contributed by atoms with Crippen molar-refractivity contribution in [2.75, 3.05) is 26.2 Å². The molecule has 2 aliphatic heterocycles. The highest BCUT2D eigenvalue weighted by atomic mass is 16.2. The molecule has 0 radical (unpaired) electrons. The van der Waals surface area contributed by atoms with Crippen molar-refractivity contribution in [3.8, 4) is 0 Å². The Morgan fingerprint density at radius 3 is 2.46 bits per heavy atom. The van der Waals surface area contributed by atoms with Gasteiger partial charge in [0.25, 0.3) is 0 Å². The van der Waals surface area contributed by atoms with Gasteiger partial charge in [0.1, 0.15) is 0 Å². The Balaban J connectivity index is 1.49. The molecule has 2 saturated heterocycles. The second kappa shape index (κ2) is 7.09. The molecule has 3 rings (SSSR count). The summed E-state index contributed by atoms with van der Waals surface area (Å²) in [7, 11) is 0. The number of carbonyl (C=O) groups is 1. The van der Waals surface area contributed by atoms with Gasteiger partial charge in [-0.25, -0.2) is 4.79 Å². The van der Waals surface area contributed by atoms with Gasteiger partial charge in [-0.3, -0.25) is 9.88 Å². The minimum atomic E-state index is 0.0403. The molecule has 2 fully saturated rings. The van der Waals surface area contributed by atoms with Gasteiger partial charge in [0, 0.05) is 24.3 Å². The molecule has 1 aromatic heterocycles. The summed E-state index contributed by atoms with van der Waals surface area (Å²) < 4.78 is 0. The molecule has 132 valence electrons. The Morgan fingerprint density at radius 2 is 1.83 bits per heavy atom. The van der Waals surface area contributed by atoms with Gasteiger partial charge < -0.3 is 10.2 Å². The molecular formula is C19H30N4O. The Bertz CT molecular complexity index is 587. The maximum absolute atomic E-state index is 12.4. The summed E-state index contributed by atoms with van der Waals surface area (Å²) in [6.07, 6.45) is 4.79. The third kappa shape index (κ3) is 3.72. The first-order chi connectivity index (χ1) is 11.5. The maximum atomic E-state index is 12.4. The number of amides is 2. The van der Waals surface area contributed by atoms with E-state index in [-0.39, 0.29) is 11.6 Å². The minimum Gasteiger partial charge on any atom is -0.332 e. The monoisotopic (exact) mass is 330 g/mol. The second-order valence-electron chi connectivity index (χ2n) is 7.54. The van der Waals surface area contributed by atoms with Gasteiger partial charge in [-0.05, 0) is 71.2 Å². The van der Waals surface area contributed by atoms with Crippen LogP contribution in [0.5, 0.6) is 0 Å². The van der Waals surface area contributed by atoms with Crippen LogP contribution in [0.2, 0.25) is 0 Å². The molecule has 5 heteroatoms. The average Bonchev–Trinajstić information content (AvgIpc) is 3.12. The van der Waals surface area contributed by atoms with Crippen molar-refractivity contribution in [3.05, 3.63) is 29.1 Å². The number of aromatic nitrogens is 1. The van der Waals surface area contributed by atoms with Crippen LogP contribution in [0.3, 0.4) is 0 Å². The number of hydrogen-bond donors (Lipinski definition) is 1. The minimum absolute atomic E-state index is 0.0403. The van der Waals surface area contributed by atoms with Crippen LogP contribution < -0.4 is 5.32 Å². The molecule has 5 nitrogen and oxygen atoms in total. The van der Waals surface area contributed by atoms with E-state index in [1.807, 2.05) is 17.9 Å². The van der Waals surface area contributed by atoms with Gasteiger partial charge >= 0.3 is 6.03 Å². The quantitative estimate of drug-likeness (QED) is 0.927. The topological polar surface area (TPSA) is 48.5 Å². The molecule has 2 aliphatic rings. The van der Waals surface area contributed by atoms with Crippen molar-refractivity contribution in [2.24, 2.45) is 0 Å². The lowest BCUT2D eigenvalue weighted by Crippen LogP contribution is -2.55. The summed E-state index contributed by atoms with van der Waals surface area (Å²) >= 11 is 0. The number of nitrogens with zero attached hydrogens (tertiary/aromatic N) is 3. The van der Waals surface area contributed by atoms with E-state index in [2.05, 4.69) is 35.1 Å². The van der Waals surface area contributed by atoms with Crippen molar-refractivity contribution in [3.63, 3.8) is 0 Å². The van der Waals surface area contributed by atoms with E-state index in [1.165, 1.54) is 31.5 Å². The van der Waals surface area contributed by atoms with E-state index in [0.717, 1.165) is 37.3 Å². The second-order valence-corrected chi connectivity index (χ2v) is 7.54. The van der Waals surface area contributed by atoms with Gasteiger partial charge in [0.05, 0.1) is 12.2 Å². The number of rotatable bonds is 3. The van der Waals surface area contributed by atoms with E-state index in [4.69, 9.17) is 0 Å². The SMILES string of the molecule is Cc1ccc(CNC(=O)N2CCC(C)(N3CCCC3)CC2)nc1C. The molecule has 1 aromatic rings. The number of aryl methyl sites for hydroxylation is 2. The summed E-state index contributed by atoms with van der Waals surface area (Å²) in [6, 6.07) is 4.09. The van der Waals surface area contributed by atoms with Crippen LogP contribution in [0.25, 0.3) is 0 Å². The third-order valence-electron chi connectivity index (χ3n) is 5.83. The van der Waals surface area contributed by atoms with Crippen molar-refractivity contribution in [1.82, 2.24) is 20.1 Å². The normalized spacial score (nSPS) is 21.0. The Labute approximate surface area is 145 Å². The average molecular weight is 330 g/mol. The maximum Gasteiger partial charge on any atom is 0.317 e. The molecule has 0 unspecified atom stereocenters. The van der Waals surface area contributed by atoms with Crippen molar-refractivity contribution in [1.29, 1.82) is 0 Å². The lowest BCUT2D eigenvalue weighted by atomic mass is 9.88. The smallest absolute Gasteiger partial charge is 0.317 e. The van der Waals surface area contributed by atoms with E-state index in [1.54, 1.807) is 0 Å². The number of nitrogens with one attached hydrogen (secondary N) is 1. The fourth-order valence-electron chi connectivity index (χ4n) is 3.82. The highest BCUT2D eigenvalue weighted by Gasteiger charge is 2.37. The summed E-state index contributed by atoms with van der Waals surface area (Å²) in [5.41, 5.74) is 3.41. The fourth-order valence-corrected chi connectivity index (χ4v) is 3.82. The van der Waals surface area contributed by atoms with Gasteiger partial charge in [-0.1, -0.05) is 6.07 Å². The Morgan fingerprint density at radius 1 is 1.17 bits per heavy atom. The van der Waals surface area contributed by atoms with Crippen LogP contribution in [-0.4, -0.2) is 52.5 Å². The molecule has 0 spiro atoms. The lowest BCUT2D eigenvalue weighted by molar-refractivity contribution is 0.0626. The molecule has 3 heterocycles. The fraction of sp³-hybridized carbons (Fsp3) is 0.684. The first-order valence-electron chi connectivity index (χ1n) is 9.19. The predicted octanol–water partition coefficient (Wildman–Crippen LogP) is 2.86. The Hall–Kier alpha value is -1.62. The van der Waals surface area contributed by atoms with E-state index in [0.29, 0.717) is 6.54 Å². The van der Waals surface area contributed by atoms with Gasteiger partial charge in [-0.2, -0.15) is 0 Å². The van der Waals surface area contributed by atoms with Crippen LogP contribution >= 0.6 is 0 Å². The molecule has 2 amide bonds. The first kappa shape index (κ1) is 17.2. The molecule has 24 heavy (non-hydrogen) atoms. The zero-order valence-electron chi connectivity index (χ0n) is 15.3. The number of urea groups is 1. The van der Waals surface area contributed by atoms with E-state index >= 15 is 0 Å². The summed E-state index contributed by atoms with van der Waals surface area (Å²) in [4.78, 5) is 21.5. The van der Waals surface area contributed by atoms with E-state index in [9.17, 15) is 4.79 Å². The van der Waals surface area contributed by atoms with Gasteiger partial charge in [0.2, 0.25) is 0 Å². The van der Waals surface area contributed by atoms with Crippen LogP contribution in [-0.2, 0) is 6.54 Å². The third-order valence-corrected chi connectivity index (χ3v) is 5.83. The van der Waals surface area contributed by atoms with Gasteiger partial charge in [-0.15, -0.1) is 0 Å². The highest BCUT2D eigenvalue weighted by molar-refractivity contribution is 5.74. The number of carbonyl (C=O) groups excluding carboxylic acids is 1. The highest BCUT2D eigenvalue weighted by Crippen LogP contribution is 2.31. The molecule has 0 saturated carbocycles. The summed E-state index contributed by atoms with van der Waals surface area (Å²) in [6.45, 7) is 11.1. The molecule has 0 aromatic carbocycles. The predicted molar refractivity (Wildman–Crippen MR) is 96.0 cm³/mol. The molecule has 1 N–H and O–H groups in total. The van der Waals surface area contributed by atoms with Crippen LogP contribution in [0.1, 0.15) is 49.6 Å². The zero-order chi connectivity index (χ0) is 17.2. The van der Waals surface area contributed by atoms with Crippen LogP contribution in [0, 0.1) is 13.8 Å². The van der Waals surface area contributed by atoms with Crippen LogP contribution in [0.15, 0.2) is 12.1 Å². The van der Waals surface area contributed by atoms with Crippen molar-refractivity contribution < 1.29 is 4.79 Å².